The molecular weight excluding hydrogens is 225 g/mol. The quantitative estimate of drug-likeness (QED) is 0.760. The monoisotopic (exact) mass is 233 g/mol. The van der Waals surface area contributed by atoms with Gasteiger partial charge in [-0.3, -0.25) is 0 Å². The molecule has 0 unspecified atom stereocenters. The van der Waals surface area contributed by atoms with Crippen LogP contribution in [-0.2, 0) is 5.75 Å². The first-order valence-electron chi connectivity index (χ1n) is 4.64. The lowest BCUT2D eigenvalue weighted by atomic mass is 10.2. The third kappa shape index (κ3) is 2.44. The molecule has 0 aliphatic heterocycles. The van der Waals surface area contributed by atoms with Crippen LogP contribution < -0.4 is 0 Å². The van der Waals surface area contributed by atoms with E-state index in [-0.39, 0.29) is 5.82 Å². The van der Waals surface area contributed by atoms with E-state index in [9.17, 15) is 4.39 Å². The van der Waals surface area contributed by atoms with E-state index in [1.54, 1.807) is 12.3 Å². The maximum absolute atomic E-state index is 12.9. The second kappa shape index (κ2) is 4.86. The number of nitriles is 1. The topological polar surface area (TPSA) is 36.9 Å². The largest absolute Gasteiger partial charge is 0.468 e. The number of hydrogen-bond donors (Lipinski definition) is 0. The number of nitrogens with zero attached hydrogens (tertiary/aromatic N) is 1. The lowest BCUT2D eigenvalue weighted by Crippen LogP contribution is -1.84. The Hall–Kier alpha value is -1.73. The first-order chi connectivity index (χ1) is 7.79. The van der Waals surface area contributed by atoms with Gasteiger partial charge in [0.25, 0.3) is 0 Å². The van der Waals surface area contributed by atoms with E-state index >= 15 is 0 Å². The molecular formula is C12H8FNOS. The first kappa shape index (κ1) is 10.8. The molecule has 2 nitrogen and oxygen atoms in total. The molecule has 1 heterocycles. The van der Waals surface area contributed by atoms with Gasteiger partial charge in [0.1, 0.15) is 17.6 Å². The van der Waals surface area contributed by atoms with Crippen molar-refractivity contribution in [2.45, 2.75) is 10.6 Å². The summed E-state index contributed by atoms with van der Waals surface area (Å²) in [7, 11) is 0. The summed E-state index contributed by atoms with van der Waals surface area (Å²) in [5, 5.41) is 8.85. The van der Waals surface area contributed by atoms with Crippen LogP contribution in [0, 0.1) is 17.1 Å². The lowest BCUT2D eigenvalue weighted by Gasteiger charge is -2.02. The summed E-state index contributed by atoms with van der Waals surface area (Å²) in [5.74, 6) is 1.07. The van der Waals surface area contributed by atoms with Gasteiger partial charge in [-0.2, -0.15) is 5.26 Å². The molecule has 80 valence electrons. The minimum atomic E-state index is -0.390. The zero-order chi connectivity index (χ0) is 11.4. The minimum absolute atomic E-state index is 0.358. The number of rotatable bonds is 3. The highest BCUT2D eigenvalue weighted by Crippen LogP contribution is 2.26. The molecule has 1 aromatic carbocycles. The Morgan fingerprint density at radius 3 is 2.94 bits per heavy atom. The molecule has 0 saturated carbocycles. The summed E-state index contributed by atoms with van der Waals surface area (Å²) in [6.07, 6.45) is 1.60. The molecule has 1 aromatic heterocycles. The van der Waals surface area contributed by atoms with Gasteiger partial charge in [0.05, 0.1) is 17.6 Å². The van der Waals surface area contributed by atoms with Crippen molar-refractivity contribution in [2.75, 3.05) is 0 Å². The molecule has 0 aliphatic carbocycles. The summed E-state index contributed by atoms with van der Waals surface area (Å²) in [5.41, 5.74) is 0.358. The van der Waals surface area contributed by atoms with Crippen molar-refractivity contribution in [3.8, 4) is 6.07 Å². The molecule has 0 radical (unpaired) electrons. The third-order valence-corrected chi connectivity index (χ3v) is 3.11. The van der Waals surface area contributed by atoms with Crippen LogP contribution >= 0.6 is 11.8 Å². The summed E-state index contributed by atoms with van der Waals surface area (Å²) < 4.78 is 18.0. The van der Waals surface area contributed by atoms with Gasteiger partial charge >= 0.3 is 0 Å². The number of furan rings is 1. The lowest BCUT2D eigenvalue weighted by molar-refractivity contribution is 0.530. The van der Waals surface area contributed by atoms with Crippen molar-refractivity contribution in [3.05, 3.63) is 53.7 Å². The van der Waals surface area contributed by atoms with Crippen LogP contribution in [0.2, 0.25) is 0 Å². The Bertz CT molecular complexity index is 516. The van der Waals surface area contributed by atoms with Crippen molar-refractivity contribution in [1.29, 1.82) is 5.26 Å². The molecule has 0 bridgehead atoms. The Kier molecular flexibility index (Phi) is 3.28. The number of thioether (sulfide) groups is 1. The third-order valence-electron chi connectivity index (χ3n) is 2.01. The SMILES string of the molecule is N#Cc1cc(F)ccc1SCc1ccco1. The van der Waals surface area contributed by atoms with Gasteiger partial charge in [-0.1, -0.05) is 0 Å². The maximum Gasteiger partial charge on any atom is 0.124 e. The van der Waals surface area contributed by atoms with Crippen LogP contribution in [-0.4, -0.2) is 0 Å². The Balaban J connectivity index is 2.13. The molecule has 0 saturated heterocycles. The molecule has 0 spiro atoms. The van der Waals surface area contributed by atoms with Gasteiger partial charge in [0, 0.05) is 4.90 Å². The number of hydrogen-bond acceptors (Lipinski definition) is 3. The summed E-state index contributed by atoms with van der Waals surface area (Å²) >= 11 is 1.46. The van der Waals surface area contributed by atoms with E-state index in [0.29, 0.717) is 11.3 Å². The zero-order valence-corrected chi connectivity index (χ0v) is 9.13. The Morgan fingerprint density at radius 1 is 1.38 bits per heavy atom. The molecule has 0 N–H and O–H groups in total. The van der Waals surface area contributed by atoms with Crippen molar-refractivity contribution >= 4 is 11.8 Å². The van der Waals surface area contributed by atoms with E-state index in [0.717, 1.165) is 10.7 Å². The van der Waals surface area contributed by atoms with Crippen molar-refractivity contribution in [3.63, 3.8) is 0 Å². The first-order valence-corrected chi connectivity index (χ1v) is 5.63. The average Bonchev–Trinajstić information content (AvgIpc) is 2.80. The maximum atomic E-state index is 12.9. The van der Waals surface area contributed by atoms with Crippen LogP contribution in [0.5, 0.6) is 0 Å². The van der Waals surface area contributed by atoms with E-state index < -0.39 is 0 Å². The van der Waals surface area contributed by atoms with Gasteiger partial charge < -0.3 is 4.42 Å². The second-order valence-electron chi connectivity index (χ2n) is 3.12. The molecule has 0 amide bonds. The predicted molar refractivity (Wildman–Crippen MR) is 59.4 cm³/mol. The van der Waals surface area contributed by atoms with Gasteiger partial charge in [-0.05, 0) is 30.3 Å². The highest BCUT2D eigenvalue weighted by Gasteiger charge is 2.05. The van der Waals surface area contributed by atoms with Gasteiger partial charge in [0.2, 0.25) is 0 Å². The van der Waals surface area contributed by atoms with E-state index in [1.165, 1.54) is 23.9 Å². The van der Waals surface area contributed by atoms with Crippen LogP contribution in [0.1, 0.15) is 11.3 Å². The van der Waals surface area contributed by atoms with Crippen LogP contribution in [0.25, 0.3) is 0 Å². The van der Waals surface area contributed by atoms with E-state index in [1.807, 2.05) is 18.2 Å². The van der Waals surface area contributed by atoms with Crippen LogP contribution in [0.4, 0.5) is 4.39 Å². The molecule has 2 aromatic rings. The van der Waals surface area contributed by atoms with Gasteiger partial charge in [-0.25, -0.2) is 4.39 Å². The standard InChI is InChI=1S/C12H8FNOS/c13-10-3-4-12(9(6-10)7-14)16-8-11-2-1-5-15-11/h1-6H,8H2. The van der Waals surface area contributed by atoms with Crippen LogP contribution in [0.3, 0.4) is 0 Å². The fraction of sp³-hybridized carbons (Fsp3) is 0.0833. The predicted octanol–water partition coefficient (Wildman–Crippen LogP) is 3.58. The Morgan fingerprint density at radius 2 is 2.25 bits per heavy atom. The van der Waals surface area contributed by atoms with Crippen LogP contribution in [0.15, 0.2) is 45.9 Å². The van der Waals surface area contributed by atoms with Gasteiger partial charge in [0.15, 0.2) is 0 Å². The van der Waals surface area contributed by atoms with Crippen molar-refractivity contribution in [1.82, 2.24) is 0 Å². The average molecular weight is 233 g/mol. The minimum Gasteiger partial charge on any atom is -0.468 e. The summed E-state index contributed by atoms with van der Waals surface area (Å²) in [6.45, 7) is 0. The normalized spacial score (nSPS) is 10.0. The van der Waals surface area contributed by atoms with Crippen molar-refractivity contribution in [2.24, 2.45) is 0 Å². The fourth-order valence-corrected chi connectivity index (χ4v) is 2.15. The zero-order valence-electron chi connectivity index (χ0n) is 8.31. The van der Waals surface area contributed by atoms with E-state index in [2.05, 4.69) is 0 Å². The number of benzene rings is 1. The Labute approximate surface area is 96.7 Å². The highest BCUT2D eigenvalue weighted by atomic mass is 32.2. The summed E-state index contributed by atoms with van der Waals surface area (Å²) in [4.78, 5) is 0.764. The van der Waals surface area contributed by atoms with Gasteiger partial charge in [-0.15, -0.1) is 11.8 Å². The van der Waals surface area contributed by atoms with E-state index in [4.69, 9.17) is 9.68 Å². The molecule has 4 heteroatoms. The molecule has 2 rings (SSSR count). The molecule has 0 atom stereocenters. The highest BCUT2D eigenvalue weighted by molar-refractivity contribution is 7.98. The molecule has 0 aliphatic rings. The molecule has 0 fully saturated rings. The smallest absolute Gasteiger partial charge is 0.124 e. The molecule has 16 heavy (non-hydrogen) atoms. The number of halogens is 1. The van der Waals surface area contributed by atoms with Crippen molar-refractivity contribution < 1.29 is 8.81 Å². The fourth-order valence-electron chi connectivity index (χ4n) is 1.26. The summed E-state index contributed by atoms with van der Waals surface area (Å²) in [6, 6.07) is 9.86. The second-order valence-corrected chi connectivity index (χ2v) is 4.14.